The monoisotopic (exact) mass is 401 g/mol. The maximum Gasteiger partial charge on any atom is 0.261 e. The fourth-order valence-electron chi connectivity index (χ4n) is 2.94. The second-order valence-corrected chi connectivity index (χ2v) is 6.34. The SMILES string of the molecule is COc1ccc(N=c2oc3c(OC)cccc3cc2C(=O)Nc2ccncc2)cc1. The Hall–Kier alpha value is -4.13. The lowest BCUT2D eigenvalue weighted by atomic mass is 10.1. The number of hydrogen-bond donors (Lipinski definition) is 1. The van der Waals surface area contributed by atoms with E-state index in [0.717, 1.165) is 5.39 Å². The van der Waals surface area contributed by atoms with Crippen molar-refractivity contribution in [1.29, 1.82) is 0 Å². The fraction of sp³-hybridized carbons (Fsp3) is 0.0870. The quantitative estimate of drug-likeness (QED) is 0.538. The lowest BCUT2D eigenvalue weighted by molar-refractivity contribution is 0.102. The van der Waals surface area contributed by atoms with Crippen molar-refractivity contribution in [2.45, 2.75) is 0 Å². The number of rotatable bonds is 5. The van der Waals surface area contributed by atoms with E-state index < -0.39 is 0 Å². The van der Waals surface area contributed by atoms with E-state index in [1.807, 2.05) is 12.1 Å². The van der Waals surface area contributed by atoms with Crippen molar-refractivity contribution in [2.24, 2.45) is 4.99 Å². The number of carbonyl (C=O) groups excluding carboxylic acids is 1. The molecular weight excluding hydrogens is 382 g/mol. The van der Waals surface area contributed by atoms with Crippen LogP contribution in [0.25, 0.3) is 11.0 Å². The predicted molar refractivity (Wildman–Crippen MR) is 113 cm³/mol. The first kappa shape index (κ1) is 19.2. The van der Waals surface area contributed by atoms with E-state index in [2.05, 4.69) is 15.3 Å². The minimum Gasteiger partial charge on any atom is -0.497 e. The first-order chi connectivity index (χ1) is 14.7. The van der Waals surface area contributed by atoms with Gasteiger partial charge in [-0.15, -0.1) is 0 Å². The molecule has 1 amide bonds. The number of methoxy groups -OCH3 is 2. The van der Waals surface area contributed by atoms with Gasteiger partial charge in [0.2, 0.25) is 5.55 Å². The predicted octanol–water partition coefficient (Wildman–Crippen LogP) is 4.33. The molecule has 0 fully saturated rings. The van der Waals surface area contributed by atoms with Crippen LogP contribution in [-0.4, -0.2) is 25.1 Å². The molecule has 0 aliphatic carbocycles. The van der Waals surface area contributed by atoms with Gasteiger partial charge >= 0.3 is 0 Å². The summed E-state index contributed by atoms with van der Waals surface area (Å²) in [6, 6.07) is 17.8. The molecule has 1 N–H and O–H groups in total. The van der Waals surface area contributed by atoms with Crippen LogP contribution in [0.15, 0.2) is 82.5 Å². The van der Waals surface area contributed by atoms with Crippen molar-refractivity contribution in [3.63, 3.8) is 0 Å². The minimum atomic E-state index is -0.345. The van der Waals surface area contributed by atoms with Crippen molar-refractivity contribution in [1.82, 2.24) is 4.98 Å². The fourth-order valence-corrected chi connectivity index (χ4v) is 2.94. The van der Waals surface area contributed by atoms with Gasteiger partial charge in [0.1, 0.15) is 11.3 Å². The summed E-state index contributed by atoms with van der Waals surface area (Å²) in [7, 11) is 3.16. The maximum absolute atomic E-state index is 13.0. The van der Waals surface area contributed by atoms with E-state index in [4.69, 9.17) is 13.9 Å². The van der Waals surface area contributed by atoms with Crippen molar-refractivity contribution >= 4 is 28.3 Å². The number of aromatic nitrogens is 1. The Morgan fingerprint density at radius 3 is 2.47 bits per heavy atom. The number of benzene rings is 2. The van der Waals surface area contributed by atoms with Crippen LogP contribution in [0.3, 0.4) is 0 Å². The first-order valence-electron chi connectivity index (χ1n) is 9.19. The van der Waals surface area contributed by atoms with Gasteiger partial charge in [0.25, 0.3) is 5.91 Å². The molecule has 0 spiro atoms. The van der Waals surface area contributed by atoms with Crippen LogP contribution < -0.4 is 20.3 Å². The van der Waals surface area contributed by atoms with Crippen LogP contribution >= 0.6 is 0 Å². The molecule has 0 saturated carbocycles. The molecule has 2 aromatic heterocycles. The number of anilines is 1. The Morgan fingerprint density at radius 2 is 1.77 bits per heavy atom. The molecule has 4 rings (SSSR count). The van der Waals surface area contributed by atoms with E-state index >= 15 is 0 Å². The third kappa shape index (κ3) is 4.00. The molecule has 0 unspecified atom stereocenters. The zero-order chi connectivity index (χ0) is 20.9. The molecule has 0 aliphatic rings. The van der Waals surface area contributed by atoms with Gasteiger partial charge in [-0.05, 0) is 48.5 Å². The zero-order valence-corrected chi connectivity index (χ0v) is 16.5. The molecule has 4 aromatic rings. The van der Waals surface area contributed by atoms with Crippen LogP contribution in [-0.2, 0) is 0 Å². The van der Waals surface area contributed by atoms with Gasteiger partial charge in [-0.3, -0.25) is 9.78 Å². The smallest absolute Gasteiger partial charge is 0.261 e. The number of ether oxygens (including phenoxy) is 2. The van der Waals surface area contributed by atoms with Gasteiger partial charge in [0, 0.05) is 23.5 Å². The number of amides is 1. The number of carbonyl (C=O) groups is 1. The molecule has 0 saturated heterocycles. The van der Waals surface area contributed by atoms with Gasteiger partial charge in [-0.25, -0.2) is 4.99 Å². The second kappa shape index (κ2) is 8.48. The third-order valence-electron chi connectivity index (χ3n) is 4.44. The number of hydrogen-bond acceptors (Lipinski definition) is 6. The highest BCUT2D eigenvalue weighted by Gasteiger charge is 2.15. The summed E-state index contributed by atoms with van der Waals surface area (Å²) in [5.41, 5.74) is 2.21. The molecule has 0 aliphatic heterocycles. The summed E-state index contributed by atoms with van der Waals surface area (Å²) < 4.78 is 16.6. The first-order valence-corrected chi connectivity index (χ1v) is 9.19. The molecule has 2 aromatic carbocycles. The molecule has 7 heteroatoms. The van der Waals surface area contributed by atoms with E-state index in [1.54, 1.807) is 75.1 Å². The standard InChI is InChI=1S/C23H19N3O4/c1-28-18-8-6-16(7-9-18)26-23-19(22(27)25-17-10-12-24-13-11-17)14-15-4-3-5-20(29-2)21(15)30-23/h3-14H,1-2H3,(H,24,25,27). The third-order valence-corrected chi connectivity index (χ3v) is 4.44. The lowest BCUT2D eigenvalue weighted by Crippen LogP contribution is -2.21. The Balaban J connectivity index is 1.87. The van der Waals surface area contributed by atoms with Gasteiger partial charge in [0.05, 0.1) is 19.9 Å². The van der Waals surface area contributed by atoms with Crippen molar-refractivity contribution < 1.29 is 18.7 Å². The van der Waals surface area contributed by atoms with Crippen LogP contribution in [0.5, 0.6) is 11.5 Å². The average Bonchev–Trinajstić information content (AvgIpc) is 2.79. The molecule has 150 valence electrons. The number of nitrogens with zero attached hydrogens (tertiary/aromatic N) is 2. The van der Waals surface area contributed by atoms with Crippen molar-refractivity contribution in [2.75, 3.05) is 19.5 Å². The Morgan fingerprint density at radius 1 is 1.00 bits per heavy atom. The molecule has 2 heterocycles. The van der Waals surface area contributed by atoms with Gasteiger partial charge in [0.15, 0.2) is 11.3 Å². The Kier molecular flexibility index (Phi) is 5.43. The summed E-state index contributed by atoms with van der Waals surface area (Å²) >= 11 is 0. The molecule has 7 nitrogen and oxygen atoms in total. The van der Waals surface area contributed by atoms with Gasteiger partial charge in [-0.2, -0.15) is 0 Å². The van der Waals surface area contributed by atoms with E-state index in [-0.39, 0.29) is 11.5 Å². The minimum absolute atomic E-state index is 0.170. The van der Waals surface area contributed by atoms with Crippen LogP contribution in [0, 0.1) is 0 Å². The van der Waals surface area contributed by atoms with Gasteiger partial charge < -0.3 is 19.2 Å². The van der Waals surface area contributed by atoms with Gasteiger partial charge in [-0.1, -0.05) is 12.1 Å². The highest BCUT2D eigenvalue weighted by molar-refractivity contribution is 6.05. The average molecular weight is 401 g/mol. The van der Waals surface area contributed by atoms with Crippen molar-refractivity contribution in [3.8, 4) is 11.5 Å². The lowest BCUT2D eigenvalue weighted by Gasteiger charge is -2.09. The Labute approximate surface area is 172 Å². The molecule has 0 bridgehead atoms. The summed E-state index contributed by atoms with van der Waals surface area (Å²) in [5, 5.41) is 3.57. The molecule has 30 heavy (non-hydrogen) atoms. The van der Waals surface area contributed by atoms with Crippen molar-refractivity contribution in [3.05, 3.63) is 84.2 Å². The summed E-state index contributed by atoms with van der Waals surface area (Å²) in [6.45, 7) is 0. The Bertz CT molecular complexity index is 1250. The summed E-state index contributed by atoms with van der Waals surface area (Å²) in [4.78, 5) is 21.5. The summed E-state index contributed by atoms with van der Waals surface area (Å²) in [5.74, 6) is 0.920. The van der Waals surface area contributed by atoms with E-state index in [9.17, 15) is 4.79 Å². The zero-order valence-electron chi connectivity index (χ0n) is 16.5. The maximum atomic E-state index is 13.0. The normalized spacial score (nSPS) is 11.3. The molecule has 0 atom stereocenters. The number of para-hydroxylation sites is 1. The highest BCUT2D eigenvalue weighted by atomic mass is 16.5. The topological polar surface area (TPSA) is 86.0 Å². The number of nitrogens with one attached hydrogen (secondary N) is 1. The summed E-state index contributed by atoms with van der Waals surface area (Å²) in [6.07, 6.45) is 3.21. The number of pyridine rings is 1. The number of fused-ring (bicyclic) bond motifs is 1. The van der Waals surface area contributed by atoms with E-state index in [0.29, 0.717) is 34.0 Å². The van der Waals surface area contributed by atoms with Crippen LogP contribution in [0.1, 0.15) is 10.4 Å². The van der Waals surface area contributed by atoms with E-state index in [1.165, 1.54) is 0 Å². The van der Waals surface area contributed by atoms with Crippen LogP contribution in [0.4, 0.5) is 11.4 Å². The largest absolute Gasteiger partial charge is 0.497 e. The highest BCUT2D eigenvalue weighted by Crippen LogP contribution is 2.25. The molecule has 0 radical (unpaired) electrons. The second-order valence-electron chi connectivity index (χ2n) is 6.34. The van der Waals surface area contributed by atoms with Crippen LogP contribution in [0.2, 0.25) is 0 Å². The molecular formula is C23H19N3O4.